The van der Waals surface area contributed by atoms with Gasteiger partial charge in [0, 0.05) is 11.7 Å². The van der Waals surface area contributed by atoms with Crippen LogP contribution < -0.4 is 5.32 Å². The van der Waals surface area contributed by atoms with Crippen LogP contribution >= 0.6 is 0 Å². The van der Waals surface area contributed by atoms with Crippen LogP contribution in [0.4, 0.5) is 0 Å². The molecule has 0 aliphatic heterocycles. The summed E-state index contributed by atoms with van der Waals surface area (Å²) in [6.45, 7) is 49.5. The molecule has 0 aromatic carbocycles. The Bertz CT molecular complexity index is 846. The molecule has 5 unspecified atom stereocenters. The number of rotatable bonds is 15. The predicted molar refractivity (Wildman–Crippen MR) is 196 cm³/mol. The molecule has 1 heteroatoms. The van der Waals surface area contributed by atoms with Gasteiger partial charge in [-0.25, -0.2) is 0 Å². The fraction of sp³-hybridized carbons (Fsp3) is 0.659. The van der Waals surface area contributed by atoms with Crippen LogP contribution in [0.15, 0.2) is 86.2 Å². The van der Waals surface area contributed by atoms with E-state index in [0.717, 1.165) is 42.7 Å². The van der Waals surface area contributed by atoms with E-state index in [4.69, 9.17) is 0 Å². The van der Waals surface area contributed by atoms with E-state index in [1.54, 1.807) is 0 Å². The fourth-order valence-corrected chi connectivity index (χ4v) is 6.46. The van der Waals surface area contributed by atoms with Crippen molar-refractivity contribution in [1.29, 1.82) is 0 Å². The number of nitrogens with one attached hydrogen (secondary N) is 1. The van der Waals surface area contributed by atoms with Crippen LogP contribution in [0.1, 0.15) is 133 Å². The lowest BCUT2D eigenvalue weighted by atomic mass is 9.90. The van der Waals surface area contributed by atoms with E-state index in [0.29, 0.717) is 23.3 Å². The van der Waals surface area contributed by atoms with Crippen LogP contribution in [0.5, 0.6) is 0 Å². The van der Waals surface area contributed by atoms with E-state index in [1.807, 2.05) is 19.1 Å². The van der Waals surface area contributed by atoms with Gasteiger partial charge in [-0.05, 0) is 99.9 Å². The lowest BCUT2D eigenvalue weighted by molar-refractivity contribution is 0.425. The molecule has 0 heterocycles. The summed E-state index contributed by atoms with van der Waals surface area (Å²) in [6.07, 6.45) is 16.1. The summed E-state index contributed by atoms with van der Waals surface area (Å²) in [5, 5.41) is 3.43. The van der Waals surface area contributed by atoms with Gasteiger partial charge in [-0.15, -0.1) is 13.2 Å². The Hall–Kier alpha value is -2.02. The average Bonchev–Trinajstić information content (AvgIpc) is 3.23. The van der Waals surface area contributed by atoms with Gasteiger partial charge in [-0.1, -0.05) is 136 Å². The van der Waals surface area contributed by atoms with Gasteiger partial charge in [0.05, 0.1) is 0 Å². The highest BCUT2D eigenvalue weighted by Crippen LogP contribution is 2.64. The fourth-order valence-electron chi connectivity index (χ4n) is 6.46. The maximum Gasteiger partial charge on any atom is 0.0493 e. The van der Waals surface area contributed by atoms with Crippen molar-refractivity contribution < 1.29 is 0 Å². The van der Waals surface area contributed by atoms with Crippen molar-refractivity contribution in [2.45, 2.75) is 139 Å². The predicted octanol–water partition coefficient (Wildman–Crippen LogP) is 13.2. The van der Waals surface area contributed by atoms with Crippen molar-refractivity contribution in [2.24, 2.45) is 35.0 Å². The maximum atomic E-state index is 4.09. The Labute approximate surface area is 265 Å². The zero-order valence-corrected chi connectivity index (χ0v) is 30.1. The third-order valence-corrected chi connectivity index (χ3v) is 9.41. The van der Waals surface area contributed by atoms with Crippen molar-refractivity contribution in [3.63, 3.8) is 0 Å². The van der Waals surface area contributed by atoms with Crippen LogP contribution in [0.3, 0.4) is 0 Å². The lowest BCUT2D eigenvalue weighted by Gasteiger charge is -2.26. The number of hydrogen-bond donors (Lipinski definition) is 1. The Kier molecular flexibility index (Phi) is 22.6. The van der Waals surface area contributed by atoms with Crippen LogP contribution in [0, 0.1) is 35.0 Å². The Morgan fingerprint density at radius 1 is 0.881 bits per heavy atom. The summed E-state index contributed by atoms with van der Waals surface area (Å²) >= 11 is 0. The Morgan fingerprint density at radius 2 is 1.40 bits per heavy atom. The first-order valence-electron chi connectivity index (χ1n) is 16.9. The molecule has 0 spiro atoms. The van der Waals surface area contributed by atoms with Gasteiger partial charge in [-0.3, -0.25) is 0 Å². The second-order valence-corrected chi connectivity index (χ2v) is 13.6. The van der Waals surface area contributed by atoms with E-state index in [2.05, 4.69) is 114 Å². The highest BCUT2D eigenvalue weighted by atomic mass is 14.9. The molecular weight excluding hydrogens is 506 g/mol. The van der Waals surface area contributed by atoms with Crippen molar-refractivity contribution >= 4 is 0 Å². The molecule has 5 atom stereocenters. The van der Waals surface area contributed by atoms with Gasteiger partial charge in [0.25, 0.3) is 0 Å². The molecule has 2 fully saturated rings. The van der Waals surface area contributed by atoms with Crippen LogP contribution in [0.25, 0.3) is 0 Å². The number of hydrogen-bond acceptors (Lipinski definition) is 1. The minimum atomic E-state index is 0.458. The van der Waals surface area contributed by atoms with E-state index in [-0.39, 0.29) is 0 Å². The maximum absolute atomic E-state index is 4.09. The third-order valence-electron chi connectivity index (χ3n) is 9.41. The SMILES string of the molecule is C=C(C)C(C)C1C(CC)C1(C)C.C=C(C)NC(C(=C)C)C1CCCC1.C=CCC.C=CCCC(=C)C(=C)C(C)CCC. The first-order valence-corrected chi connectivity index (χ1v) is 16.9. The van der Waals surface area contributed by atoms with E-state index >= 15 is 0 Å². The molecule has 0 radical (unpaired) electrons. The van der Waals surface area contributed by atoms with Crippen LogP contribution in [-0.4, -0.2) is 6.04 Å². The highest BCUT2D eigenvalue weighted by molar-refractivity contribution is 5.27. The molecular formula is C41H73N. The molecule has 2 rings (SSSR count). The zero-order valence-electron chi connectivity index (χ0n) is 30.1. The summed E-state index contributed by atoms with van der Waals surface area (Å²) in [5.74, 6) is 3.91. The minimum absolute atomic E-state index is 0.458. The molecule has 2 aliphatic carbocycles. The smallest absolute Gasteiger partial charge is 0.0493 e. The summed E-state index contributed by atoms with van der Waals surface area (Å²) in [5.41, 5.74) is 6.65. The Balaban J connectivity index is 0. The molecule has 42 heavy (non-hydrogen) atoms. The molecule has 0 bridgehead atoms. The van der Waals surface area contributed by atoms with Crippen molar-refractivity contribution in [3.05, 3.63) is 86.2 Å². The van der Waals surface area contributed by atoms with Crippen molar-refractivity contribution in [1.82, 2.24) is 5.32 Å². The van der Waals surface area contributed by atoms with Gasteiger partial charge < -0.3 is 5.32 Å². The van der Waals surface area contributed by atoms with E-state index in [1.165, 1.54) is 67.2 Å². The second-order valence-electron chi connectivity index (χ2n) is 13.6. The van der Waals surface area contributed by atoms with E-state index in [9.17, 15) is 0 Å². The average molecular weight is 580 g/mol. The molecule has 1 nitrogen and oxygen atoms in total. The molecule has 1 N–H and O–H groups in total. The highest BCUT2D eigenvalue weighted by Gasteiger charge is 2.58. The molecule has 0 aromatic rings. The second kappa shape index (κ2) is 22.5. The largest absolute Gasteiger partial charge is 0.382 e. The van der Waals surface area contributed by atoms with E-state index < -0.39 is 0 Å². The van der Waals surface area contributed by atoms with Crippen molar-refractivity contribution in [2.75, 3.05) is 0 Å². The quantitative estimate of drug-likeness (QED) is 0.150. The number of allylic oxidation sites excluding steroid dienone is 6. The van der Waals surface area contributed by atoms with Crippen LogP contribution in [0.2, 0.25) is 0 Å². The summed E-state index contributed by atoms with van der Waals surface area (Å²) < 4.78 is 0. The molecule has 0 saturated heterocycles. The third kappa shape index (κ3) is 16.0. The normalized spacial score (nSPS) is 20.3. The van der Waals surface area contributed by atoms with Crippen molar-refractivity contribution in [3.8, 4) is 0 Å². The summed E-state index contributed by atoms with van der Waals surface area (Å²) in [4.78, 5) is 0. The summed E-state index contributed by atoms with van der Waals surface area (Å²) in [6, 6.07) is 0.458. The Morgan fingerprint density at radius 3 is 1.74 bits per heavy atom. The zero-order chi connectivity index (χ0) is 33.0. The molecule has 242 valence electrons. The first kappa shape index (κ1) is 42.1. The topological polar surface area (TPSA) is 12.0 Å². The molecule has 0 amide bonds. The van der Waals surface area contributed by atoms with Gasteiger partial charge in [0.1, 0.15) is 0 Å². The summed E-state index contributed by atoms with van der Waals surface area (Å²) in [7, 11) is 0. The van der Waals surface area contributed by atoms with Gasteiger partial charge in [-0.2, -0.15) is 0 Å². The molecule has 2 aliphatic rings. The lowest BCUT2D eigenvalue weighted by Crippen LogP contribution is -2.34. The van der Waals surface area contributed by atoms with Gasteiger partial charge in [0.2, 0.25) is 0 Å². The van der Waals surface area contributed by atoms with Gasteiger partial charge in [0.15, 0.2) is 0 Å². The molecule has 2 saturated carbocycles. The molecule has 0 aromatic heterocycles. The van der Waals surface area contributed by atoms with Crippen LogP contribution in [-0.2, 0) is 0 Å². The first-order chi connectivity index (χ1) is 19.6. The monoisotopic (exact) mass is 580 g/mol. The van der Waals surface area contributed by atoms with Gasteiger partial charge >= 0.3 is 0 Å². The standard InChI is InChI=1S/C13H22.C12H21N.C12H22.C4H8/c1-6-8-10-12(4)13(5)11(3)9-7-2;1-9(2)12(13-10(3)4)11-7-5-6-8-11;1-7-10-11(12(10,5)6)9(4)8(2)3;1-3-4-2/h6,11H,1,4-5,7-10H2,2-3H3;11-13H,1,3,5-8H2,2,4H3;9-11H,2,7H2,1,3-6H3;3H,1,4H2,2H3. The minimum Gasteiger partial charge on any atom is -0.382 e.